The minimum atomic E-state index is 0.598. The van der Waals surface area contributed by atoms with Crippen LogP contribution in [0.1, 0.15) is 5.56 Å². The molecule has 0 unspecified atom stereocenters. The van der Waals surface area contributed by atoms with Crippen molar-refractivity contribution in [1.29, 1.82) is 5.26 Å². The number of para-hydroxylation sites is 1. The van der Waals surface area contributed by atoms with Crippen LogP contribution in [0.5, 0.6) is 0 Å². The van der Waals surface area contributed by atoms with E-state index in [1.807, 2.05) is 24.3 Å². The molecule has 0 atom stereocenters. The van der Waals surface area contributed by atoms with Gasteiger partial charge in [0.1, 0.15) is 17.9 Å². The number of benzene rings is 1. The van der Waals surface area contributed by atoms with Crippen molar-refractivity contribution in [2.75, 3.05) is 0 Å². The Morgan fingerprint density at radius 1 is 1.27 bits per heavy atom. The smallest absolute Gasteiger partial charge is 0.135 e. The minimum Gasteiger partial charge on any atom is -0.463 e. The molecule has 0 saturated heterocycles. The van der Waals surface area contributed by atoms with Gasteiger partial charge in [-0.25, -0.2) is 0 Å². The highest BCUT2D eigenvalue weighted by molar-refractivity contribution is 5.83. The van der Waals surface area contributed by atoms with Crippen LogP contribution in [0.2, 0.25) is 0 Å². The molecule has 1 heterocycles. The zero-order valence-corrected chi connectivity index (χ0v) is 5.74. The molecule has 0 bridgehead atoms. The second kappa shape index (κ2) is 2.14. The third kappa shape index (κ3) is 0.786. The molecule has 2 nitrogen and oxygen atoms in total. The normalized spacial score (nSPS) is 9.73. The van der Waals surface area contributed by atoms with Crippen LogP contribution in [0.15, 0.2) is 34.9 Å². The highest BCUT2D eigenvalue weighted by atomic mass is 16.3. The van der Waals surface area contributed by atoms with Crippen molar-refractivity contribution in [3.05, 3.63) is 36.1 Å². The van der Waals surface area contributed by atoms with Gasteiger partial charge < -0.3 is 4.42 Å². The Labute approximate surface area is 63.7 Å². The molecule has 0 radical (unpaired) electrons. The summed E-state index contributed by atoms with van der Waals surface area (Å²) in [6, 6.07) is 9.54. The minimum absolute atomic E-state index is 0.598. The van der Waals surface area contributed by atoms with Crippen molar-refractivity contribution in [1.82, 2.24) is 0 Å². The van der Waals surface area contributed by atoms with Crippen molar-refractivity contribution in [2.45, 2.75) is 0 Å². The second-order valence-electron chi connectivity index (χ2n) is 2.26. The molecule has 1 aromatic heterocycles. The summed E-state index contributed by atoms with van der Waals surface area (Å²) in [5.41, 5.74) is 1.37. The number of nitrogens with zero attached hydrogens (tertiary/aromatic N) is 1. The summed E-state index contributed by atoms with van der Waals surface area (Å²) in [6.45, 7) is 0. The van der Waals surface area contributed by atoms with Crippen LogP contribution in [0.4, 0.5) is 0 Å². The first-order chi connectivity index (χ1) is 5.42. The van der Waals surface area contributed by atoms with Crippen LogP contribution in [-0.4, -0.2) is 0 Å². The van der Waals surface area contributed by atoms with E-state index < -0.39 is 0 Å². The van der Waals surface area contributed by atoms with E-state index in [0.717, 1.165) is 11.0 Å². The molecule has 2 aromatic rings. The second-order valence-corrected chi connectivity index (χ2v) is 2.26. The Morgan fingerprint density at radius 2 is 2.09 bits per heavy atom. The quantitative estimate of drug-likeness (QED) is 0.567. The Balaban J connectivity index is 2.89. The number of fused-ring (bicyclic) bond motifs is 1. The molecule has 52 valence electrons. The van der Waals surface area contributed by atoms with E-state index in [4.69, 9.17) is 9.68 Å². The maximum absolute atomic E-state index is 8.61. The largest absolute Gasteiger partial charge is 0.463 e. The number of rotatable bonds is 0. The van der Waals surface area contributed by atoms with Crippen LogP contribution in [0.25, 0.3) is 11.0 Å². The van der Waals surface area contributed by atoms with Crippen molar-refractivity contribution in [3.8, 4) is 6.07 Å². The molecule has 0 aliphatic rings. The molecule has 0 aliphatic carbocycles. The van der Waals surface area contributed by atoms with Gasteiger partial charge in [-0.15, -0.1) is 0 Å². The number of hydrogen-bond donors (Lipinski definition) is 0. The van der Waals surface area contributed by atoms with Crippen molar-refractivity contribution < 1.29 is 4.42 Å². The molecule has 1 aromatic carbocycles. The molecule has 0 fully saturated rings. The van der Waals surface area contributed by atoms with Gasteiger partial charge in [0, 0.05) is 5.39 Å². The zero-order valence-electron chi connectivity index (χ0n) is 5.74. The lowest BCUT2D eigenvalue weighted by atomic mass is 10.2. The maximum Gasteiger partial charge on any atom is 0.135 e. The zero-order chi connectivity index (χ0) is 7.68. The summed E-state index contributed by atoms with van der Waals surface area (Å²) in [5, 5.41) is 9.50. The van der Waals surface area contributed by atoms with Gasteiger partial charge in [-0.05, 0) is 12.1 Å². The fourth-order valence-corrected chi connectivity index (χ4v) is 1.06. The molecule has 0 amide bonds. The lowest BCUT2D eigenvalue weighted by Gasteiger charge is -1.83. The van der Waals surface area contributed by atoms with E-state index in [2.05, 4.69) is 6.07 Å². The highest BCUT2D eigenvalue weighted by Gasteiger charge is 2.01. The predicted molar refractivity (Wildman–Crippen MR) is 40.9 cm³/mol. The first-order valence-corrected chi connectivity index (χ1v) is 3.28. The van der Waals surface area contributed by atoms with E-state index in [1.165, 1.54) is 6.26 Å². The molecule has 11 heavy (non-hydrogen) atoms. The average molecular weight is 143 g/mol. The van der Waals surface area contributed by atoms with Crippen LogP contribution in [0, 0.1) is 11.3 Å². The van der Waals surface area contributed by atoms with Gasteiger partial charge in [-0.2, -0.15) is 5.26 Å². The van der Waals surface area contributed by atoms with E-state index in [1.54, 1.807) is 0 Å². The van der Waals surface area contributed by atoms with E-state index in [-0.39, 0.29) is 0 Å². The van der Waals surface area contributed by atoms with Crippen molar-refractivity contribution >= 4 is 11.0 Å². The van der Waals surface area contributed by atoms with Crippen LogP contribution in [-0.2, 0) is 0 Å². The molecule has 0 spiro atoms. The summed E-state index contributed by atoms with van der Waals surface area (Å²) in [4.78, 5) is 0. The molecule has 0 N–H and O–H groups in total. The Kier molecular flexibility index (Phi) is 1.16. The van der Waals surface area contributed by atoms with Crippen LogP contribution >= 0.6 is 0 Å². The number of nitriles is 1. The third-order valence-corrected chi connectivity index (χ3v) is 1.60. The van der Waals surface area contributed by atoms with E-state index in [0.29, 0.717) is 5.56 Å². The summed E-state index contributed by atoms with van der Waals surface area (Å²) >= 11 is 0. The van der Waals surface area contributed by atoms with Gasteiger partial charge >= 0.3 is 0 Å². The molecule has 2 heteroatoms. The maximum atomic E-state index is 8.61. The molecular formula is C9H5NO. The Bertz CT molecular complexity index is 422. The Hall–Kier alpha value is -1.75. The van der Waals surface area contributed by atoms with Gasteiger partial charge in [0.15, 0.2) is 0 Å². The molecule has 0 aliphatic heterocycles. The van der Waals surface area contributed by atoms with Gasteiger partial charge in [0.05, 0.1) is 5.56 Å². The van der Waals surface area contributed by atoms with E-state index in [9.17, 15) is 0 Å². The summed E-state index contributed by atoms with van der Waals surface area (Å²) < 4.78 is 5.12. The highest BCUT2D eigenvalue weighted by Crippen LogP contribution is 2.18. The van der Waals surface area contributed by atoms with Gasteiger partial charge in [0.25, 0.3) is 0 Å². The summed E-state index contributed by atoms with van der Waals surface area (Å²) in [7, 11) is 0. The first-order valence-electron chi connectivity index (χ1n) is 3.28. The molecular weight excluding hydrogens is 138 g/mol. The topological polar surface area (TPSA) is 36.9 Å². The molecule has 2 rings (SSSR count). The SMILES string of the molecule is N#Cc1coc2ccccc12. The first kappa shape index (κ1) is 5.99. The third-order valence-electron chi connectivity index (χ3n) is 1.60. The summed E-state index contributed by atoms with van der Waals surface area (Å²) in [6.07, 6.45) is 1.48. The van der Waals surface area contributed by atoms with Crippen molar-refractivity contribution in [3.63, 3.8) is 0 Å². The average Bonchev–Trinajstić information content (AvgIpc) is 2.47. The van der Waals surface area contributed by atoms with Gasteiger partial charge in [-0.3, -0.25) is 0 Å². The lowest BCUT2D eigenvalue weighted by molar-refractivity contribution is 0.614. The Morgan fingerprint density at radius 3 is 2.91 bits per heavy atom. The molecule has 0 saturated carbocycles. The fourth-order valence-electron chi connectivity index (χ4n) is 1.06. The van der Waals surface area contributed by atoms with Crippen LogP contribution < -0.4 is 0 Å². The lowest BCUT2D eigenvalue weighted by Crippen LogP contribution is -1.66. The fraction of sp³-hybridized carbons (Fsp3) is 0. The van der Waals surface area contributed by atoms with Crippen LogP contribution in [0.3, 0.4) is 0 Å². The monoisotopic (exact) mass is 143 g/mol. The van der Waals surface area contributed by atoms with E-state index >= 15 is 0 Å². The van der Waals surface area contributed by atoms with Gasteiger partial charge in [0.2, 0.25) is 0 Å². The number of hydrogen-bond acceptors (Lipinski definition) is 2. The standard InChI is InChI=1S/C9H5NO/c10-5-7-6-11-9-4-2-1-3-8(7)9/h1-4,6H. The van der Waals surface area contributed by atoms with Crippen molar-refractivity contribution in [2.24, 2.45) is 0 Å². The number of furan rings is 1. The van der Waals surface area contributed by atoms with Gasteiger partial charge in [-0.1, -0.05) is 12.1 Å². The summed E-state index contributed by atoms with van der Waals surface area (Å²) in [5.74, 6) is 0. The predicted octanol–water partition coefficient (Wildman–Crippen LogP) is 2.30.